The van der Waals surface area contributed by atoms with Gasteiger partial charge in [0.25, 0.3) is 0 Å². The van der Waals surface area contributed by atoms with E-state index in [0.717, 1.165) is 17.8 Å². The van der Waals surface area contributed by atoms with Crippen molar-refractivity contribution in [3.63, 3.8) is 0 Å². The number of nitrogens with zero attached hydrogens (tertiary/aromatic N) is 4. The summed E-state index contributed by atoms with van der Waals surface area (Å²) in [4.78, 5) is 35.0. The molecule has 2 heterocycles. The van der Waals surface area contributed by atoms with Gasteiger partial charge in [0.15, 0.2) is 0 Å². The number of hydrogen-bond acceptors (Lipinski definition) is 4. The Morgan fingerprint density at radius 2 is 2.19 bits per heavy atom. The molecule has 1 N–H and O–H groups in total. The fraction of sp³-hybridized carbons (Fsp3) is 0.389. The molecule has 1 aromatic heterocycles. The maximum absolute atomic E-state index is 12.4. The highest BCUT2D eigenvalue weighted by Crippen LogP contribution is 2.23. The Kier molecular flexibility index (Phi) is 5.41. The summed E-state index contributed by atoms with van der Waals surface area (Å²) in [7, 11) is 3.56. The average Bonchev–Trinajstić information content (AvgIpc) is 3.18. The van der Waals surface area contributed by atoms with Crippen LogP contribution in [0.4, 0.5) is 21.0 Å². The summed E-state index contributed by atoms with van der Waals surface area (Å²) in [5, 5.41) is 2.90. The molecular formula is C18H23N5O2S. The van der Waals surface area contributed by atoms with E-state index in [0.29, 0.717) is 25.3 Å². The molecule has 0 bridgehead atoms. The van der Waals surface area contributed by atoms with E-state index in [1.54, 1.807) is 40.1 Å². The van der Waals surface area contributed by atoms with Gasteiger partial charge in [0.1, 0.15) is 0 Å². The number of hydrogen-bond donors (Lipinski definition) is 1. The fourth-order valence-corrected chi connectivity index (χ4v) is 3.56. The van der Waals surface area contributed by atoms with Gasteiger partial charge in [0, 0.05) is 56.4 Å². The second-order valence-corrected chi connectivity index (χ2v) is 7.31. The van der Waals surface area contributed by atoms with E-state index in [1.807, 2.05) is 36.7 Å². The van der Waals surface area contributed by atoms with Crippen molar-refractivity contribution < 1.29 is 9.59 Å². The predicted molar refractivity (Wildman–Crippen MR) is 104 cm³/mol. The molecule has 0 aliphatic carbocycles. The third-order valence-corrected chi connectivity index (χ3v) is 5.49. The zero-order valence-corrected chi connectivity index (χ0v) is 16.0. The van der Waals surface area contributed by atoms with Crippen LogP contribution in [0.25, 0.3) is 0 Å². The Hall–Kier alpha value is -2.61. The number of carbonyl (C=O) groups excluding carboxylic acids is 2. The molecule has 8 heteroatoms. The van der Waals surface area contributed by atoms with E-state index in [2.05, 4.69) is 10.3 Å². The fourth-order valence-electron chi connectivity index (χ4n) is 2.79. The highest BCUT2D eigenvalue weighted by molar-refractivity contribution is 7.09. The van der Waals surface area contributed by atoms with Crippen LogP contribution in [0, 0.1) is 6.92 Å². The molecule has 1 fully saturated rings. The third-order valence-electron chi connectivity index (χ3n) is 4.49. The van der Waals surface area contributed by atoms with Gasteiger partial charge in [0.2, 0.25) is 0 Å². The number of aromatic nitrogens is 1. The zero-order valence-electron chi connectivity index (χ0n) is 15.2. The van der Waals surface area contributed by atoms with Gasteiger partial charge < -0.3 is 15.1 Å². The summed E-state index contributed by atoms with van der Waals surface area (Å²) >= 11 is 1.61. The molecule has 7 nitrogen and oxygen atoms in total. The van der Waals surface area contributed by atoms with Crippen LogP contribution in [-0.2, 0) is 6.42 Å². The maximum atomic E-state index is 12.4. The third kappa shape index (κ3) is 3.96. The first-order valence-electron chi connectivity index (χ1n) is 8.49. The molecule has 0 unspecified atom stereocenters. The molecule has 1 saturated heterocycles. The quantitative estimate of drug-likeness (QED) is 0.876. The molecule has 1 aromatic carbocycles. The van der Waals surface area contributed by atoms with E-state index < -0.39 is 0 Å². The second kappa shape index (κ2) is 7.74. The van der Waals surface area contributed by atoms with E-state index in [1.165, 1.54) is 4.88 Å². The number of rotatable bonds is 5. The lowest BCUT2D eigenvalue weighted by atomic mass is 10.2. The minimum atomic E-state index is -0.172. The predicted octanol–water partition coefficient (Wildman–Crippen LogP) is 3.03. The van der Waals surface area contributed by atoms with E-state index in [-0.39, 0.29) is 12.1 Å². The Balaban J connectivity index is 1.59. The number of amides is 4. The molecule has 26 heavy (non-hydrogen) atoms. The van der Waals surface area contributed by atoms with Crippen LogP contribution >= 0.6 is 11.3 Å². The lowest BCUT2D eigenvalue weighted by molar-refractivity contribution is 0.223. The number of likely N-dealkylation sites (N-methyl/N-ethyl adjacent to an activating group) is 2. The standard InChI is InChI=1S/C18H23N5O2S/c1-13-16(26-12-19-13)7-8-21(2)17(24)20-14-5-4-6-15(11-14)23-10-9-22(3)18(23)25/h4-6,11-12H,7-10H2,1-3H3,(H,20,24). The van der Waals surface area contributed by atoms with Crippen LogP contribution in [0.5, 0.6) is 0 Å². The number of anilines is 2. The largest absolute Gasteiger partial charge is 0.327 e. The van der Waals surface area contributed by atoms with Gasteiger partial charge in [0.05, 0.1) is 11.2 Å². The van der Waals surface area contributed by atoms with E-state index in [9.17, 15) is 9.59 Å². The topological polar surface area (TPSA) is 68.8 Å². The van der Waals surface area contributed by atoms with Gasteiger partial charge in [-0.05, 0) is 25.1 Å². The van der Waals surface area contributed by atoms with E-state index >= 15 is 0 Å². The van der Waals surface area contributed by atoms with Gasteiger partial charge in [-0.15, -0.1) is 11.3 Å². The SMILES string of the molecule is Cc1ncsc1CCN(C)C(=O)Nc1cccc(N2CCN(C)C2=O)c1. The van der Waals surface area contributed by atoms with Crippen molar-refractivity contribution in [1.29, 1.82) is 0 Å². The van der Waals surface area contributed by atoms with Crippen molar-refractivity contribution in [2.45, 2.75) is 13.3 Å². The Morgan fingerprint density at radius 1 is 1.38 bits per heavy atom. The number of aryl methyl sites for hydroxylation is 1. The van der Waals surface area contributed by atoms with Crippen molar-refractivity contribution >= 4 is 34.8 Å². The van der Waals surface area contributed by atoms with Crippen LogP contribution < -0.4 is 10.2 Å². The van der Waals surface area contributed by atoms with Crippen molar-refractivity contribution in [3.8, 4) is 0 Å². The second-order valence-electron chi connectivity index (χ2n) is 6.37. The highest BCUT2D eigenvalue weighted by Gasteiger charge is 2.26. The molecule has 138 valence electrons. The highest BCUT2D eigenvalue weighted by atomic mass is 32.1. The van der Waals surface area contributed by atoms with Crippen molar-refractivity contribution in [2.24, 2.45) is 0 Å². The summed E-state index contributed by atoms with van der Waals surface area (Å²) in [6.07, 6.45) is 0.787. The van der Waals surface area contributed by atoms with Gasteiger partial charge in [-0.25, -0.2) is 14.6 Å². The van der Waals surface area contributed by atoms with E-state index in [4.69, 9.17) is 0 Å². The van der Waals surface area contributed by atoms with Gasteiger partial charge >= 0.3 is 12.1 Å². The smallest absolute Gasteiger partial charge is 0.324 e. The molecule has 3 rings (SSSR count). The molecular weight excluding hydrogens is 350 g/mol. The zero-order chi connectivity index (χ0) is 18.7. The minimum absolute atomic E-state index is 0.0227. The van der Waals surface area contributed by atoms with Crippen LogP contribution in [0.2, 0.25) is 0 Å². The van der Waals surface area contributed by atoms with Crippen LogP contribution in [0.15, 0.2) is 29.8 Å². The number of urea groups is 2. The first-order valence-corrected chi connectivity index (χ1v) is 9.37. The van der Waals surface area contributed by atoms with Crippen LogP contribution in [0.1, 0.15) is 10.6 Å². The molecule has 2 aromatic rings. The monoisotopic (exact) mass is 373 g/mol. The molecule has 1 aliphatic rings. The van der Waals surface area contributed by atoms with Crippen molar-refractivity contribution in [2.75, 3.05) is 43.9 Å². The summed E-state index contributed by atoms with van der Waals surface area (Å²) in [5.41, 5.74) is 4.32. The molecule has 1 aliphatic heterocycles. The number of thiazole rings is 1. The molecule has 0 spiro atoms. The summed E-state index contributed by atoms with van der Waals surface area (Å²) in [6.45, 7) is 3.95. The van der Waals surface area contributed by atoms with Crippen molar-refractivity contribution in [1.82, 2.24) is 14.8 Å². The van der Waals surface area contributed by atoms with Gasteiger partial charge in [-0.2, -0.15) is 0 Å². The lowest BCUT2D eigenvalue weighted by Crippen LogP contribution is -2.33. The molecule has 4 amide bonds. The van der Waals surface area contributed by atoms with Crippen LogP contribution in [-0.4, -0.2) is 60.6 Å². The van der Waals surface area contributed by atoms with Gasteiger partial charge in [-0.3, -0.25) is 4.90 Å². The number of carbonyl (C=O) groups is 2. The average molecular weight is 373 g/mol. The normalized spacial score (nSPS) is 14.0. The number of benzene rings is 1. The summed E-state index contributed by atoms with van der Waals surface area (Å²) in [5.74, 6) is 0. The van der Waals surface area contributed by atoms with Crippen LogP contribution in [0.3, 0.4) is 0 Å². The summed E-state index contributed by atoms with van der Waals surface area (Å²) < 4.78 is 0. The lowest BCUT2D eigenvalue weighted by Gasteiger charge is -2.20. The molecule has 0 radical (unpaired) electrons. The Bertz CT molecular complexity index is 806. The first-order chi connectivity index (χ1) is 12.5. The molecule has 0 saturated carbocycles. The number of nitrogens with one attached hydrogen (secondary N) is 1. The Labute approximate surface area is 157 Å². The maximum Gasteiger partial charge on any atom is 0.324 e. The minimum Gasteiger partial charge on any atom is -0.327 e. The first kappa shape index (κ1) is 18.2. The molecule has 0 atom stereocenters. The van der Waals surface area contributed by atoms with Gasteiger partial charge in [-0.1, -0.05) is 6.07 Å². The van der Waals surface area contributed by atoms with Crippen molar-refractivity contribution in [3.05, 3.63) is 40.3 Å². The Morgan fingerprint density at radius 3 is 2.85 bits per heavy atom. The summed E-state index contributed by atoms with van der Waals surface area (Å²) in [6, 6.07) is 7.18.